The van der Waals surface area contributed by atoms with Gasteiger partial charge in [-0.15, -0.1) is 0 Å². The maximum absolute atomic E-state index is 9.16. The lowest BCUT2D eigenvalue weighted by Crippen LogP contribution is -2.15. The van der Waals surface area contributed by atoms with E-state index < -0.39 is 0 Å². The van der Waals surface area contributed by atoms with Gasteiger partial charge in [0, 0.05) is 12.5 Å². The number of aliphatic hydroxyl groups is 1. The van der Waals surface area contributed by atoms with Gasteiger partial charge >= 0.3 is 0 Å². The number of rotatable bonds is 5. The molecule has 102 valence electrons. The normalized spacial score (nSPS) is 12.5. The van der Waals surface area contributed by atoms with Crippen molar-refractivity contribution in [3.05, 3.63) is 18.2 Å². The summed E-state index contributed by atoms with van der Waals surface area (Å²) in [5, 5.41) is 9.82. The average molecular weight is 262 g/mol. The molecule has 1 atom stereocenters. The van der Waals surface area contributed by atoms with E-state index in [4.69, 9.17) is 21.3 Å². The Bertz CT molecular complexity index is 570. The Hall–Kier alpha value is -2.08. The number of hydrogen-bond donors (Lipinski definition) is 3. The molecule has 0 fully saturated rings. The molecular weight excluding hydrogens is 244 g/mol. The first-order chi connectivity index (χ1) is 9.15. The molecule has 1 heterocycles. The third kappa shape index (κ3) is 2.85. The molecular formula is C13H18N4O2. The van der Waals surface area contributed by atoms with Crippen molar-refractivity contribution in [3.8, 4) is 5.75 Å². The van der Waals surface area contributed by atoms with Gasteiger partial charge in [-0.1, -0.05) is 13.0 Å². The maximum atomic E-state index is 9.16. The highest BCUT2D eigenvalue weighted by Crippen LogP contribution is 2.29. The standard InChI is InChI=1S/C13H18N4O2/c1-2-8(6-18)7-19-10-5-3-4-9-11(10)12(14)17-13(15)16-9/h3-5,8,18H,2,6-7H2,1H3,(H4,14,15,16,17). The first-order valence-corrected chi connectivity index (χ1v) is 6.21. The van der Waals surface area contributed by atoms with E-state index in [1.54, 1.807) is 6.07 Å². The van der Waals surface area contributed by atoms with E-state index in [0.717, 1.165) is 6.42 Å². The molecule has 1 unspecified atom stereocenters. The van der Waals surface area contributed by atoms with E-state index in [2.05, 4.69) is 9.97 Å². The minimum atomic E-state index is 0.0974. The lowest BCUT2D eigenvalue weighted by Gasteiger charge is -2.15. The van der Waals surface area contributed by atoms with Crippen LogP contribution in [0.4, 0.5) is 11.8 Å². The van der Waals surface area contributed by atoms with E-state index in [1.807, 2.05) is 19.1 Å². The van der Waals surface area contributed by atoms with Crippen LogP contribution in [-0.2, 0) is 0 Å². The van der Waals surface area contributed by atoms with Gasteiger partial charge in [0.1, 0.15) is 11.6 Å². The first kappa shape index (κ1) is 13.4. The first-order valence-electron chi connectivity index (χ1n) is 6.21. The van der Waals surface area contributed by atoms with Crippen LogP contribution in [0.3, 0.4) is 0 Å². The Kier molecular flexibility index (Phi) is 4.01. The molecule has 0 aliphatic carbocycles. The minimum absolute atomic E-state index is 0.0974. The summed E-state index contributed by atoms with van der Waals surface area (Å²) in [5.41, 5.74) is 12.1. The van der Waals surface area contributed by atoms with Crippen molar-refractivity contribution in [2.45, 2.75) is 13.3 Å². The van der Waals surface area contributed by atoms with Gasteiger partial charge in [-0.3, -0.25) is 0 Å². The van der Waals surface area contributed by atoms with Crippen molar-refractivity contribution >= 4 is 22.7 Å². The lowest BCUT2D eigenvalue weighted by atomic mass is 10.1. The van der Waals surface area contributed by atoms with Crippen molar-refractivity contribution in [2.24, 2.45) is 5.92 Å². The van der Waals surface area contributed by atoms with Crippen LogP contribution >= 0.6 is 0 Å². The molecule has 0 aliphatic heterocycles. The number of nitrogen functional groups attached to an aromatic ring is 2. The van der Waals surface area contributed by atoms with Crippen LogP contribution in [0.1, 0.15) is 13.3 Å². The van der Waals surface area contributed by atoms with Crippen LogP contribution < -0.4 is 16.2 Å². The van der Waals surface area contributed by atoms with E-state index in [0.29, 0.717) is 29.1 Å². The second-order valence-electron chi connectivity index (χ2n) is 4.39. The smallest absolute Gasteiger partial charge is 0.222 e. The Morgan fingerprint density at radius 2 is 2.11 bits per heavy atom. The fourth-order valence-electron chi connectivity index (χ4n) is 1.83. The number of hydrogen-bond acceptors (Lipinski definition) is 6. The predicted molar refractivity (Wildman–Crippen MR) is 74.7 cm³/mol. The van der Waals surface area contributed by atoms with Crippen LogP contribution in [-0.4, -0.2) is 28.3 Å². The topological polar surface area (TPSA) is 107 Å². The predicted octanol–water partition coefficient (Wildman–Crippen LogP) is 1.19. The molecule has 6 heteroatoms. The van der Waals surface area contributed by atoms with Crippen molar-refractivity contribution in [1.29, 1.82) is 0 Å². The summed E-state index contributed by atoms with van der Waals surface area (Å²) < 4.78 is 5.72. The Morgan fingerprint density at radius 1 is 1.32 bits per heavy atom. The summed E-state index contributed by atoms with van der Waals surface area (Å²) in [5.74, 6) is 1.16. The summed E-state index contributed by atoms with van der Waals surface area (Å²) in [6, 6.07) is 5.44. The number of nitrogens with two attached hydrogens (primary N) is 2. The van der Waals surface area contributed by atoms with E-state index in [-0.39, 0.29) is 18.5 Å². The van der Waals surface area contributed by atoms with Crippen molar-refractivity contribution in [2.75, 3.05) is 24.7 Å². The summed E-state index contributed by atoms with van der Waals surface area (Å²) >= 11 is 0. The number of anilines is 2. The van der Waals surface area contributed by atoms with Crippen molar-refractivity contribution in [3.63, 3.8) is 0 Å². The summed E-state index contributed by atoms with van der Waals surface area (Å²) in [4.78, 5) is 8.07. The molecule has 0 bridgehead atoms. The zero-order valence-corrected chi connectivity index (χ0v) is 10.8. The largest absolute Gasteiger partial charge is 0.492 e. The van der Waals surface area contributed by atoms with Gasteiger partial charge in [0.15, 0.2) is 0 Å². The summed E-state index contributed by atoms with van der Waals surface area (Å²) in [7, 11) is 0. The van der Waals surface area contributed by atoms with Crippen molar-refractivity contribution < 1.29 is 9.84 Å². The maximum Gasteiger partial charge on any atom is 0.222 e. The highest BCUT2D eigenvalue weighted by atomic mass is 16.5. The fourth-order valence-corrected chi connectivity index (χ4v) is 1.83. The Balaban J connectivity index is 2.33. The average Bonchev–Trinajstić information content (AvgIpc) is 2.39. The quantitative estimate of drug-likeness (QED) is 0.747. The number of aromatic nitrogens is 2. The van der Waals surface area contributed by atoms with Crippen LogP contribution in [0.2, 0.25) is 0 Å². The second-order valence-corrected chi connectivity index (χ2v) is 4.39. The zero-order chi connectivity index (χ0) is 13.8. The third-order valence-electron chi connectivity index (χ3n) is 3.04. The van der Waals surface area contributed by atoms with Gasteiger partial charge in [0.25, 0.3) is 0 Å². The van der Waals surface area contributed by atoms with E-state index in [1.165, 1.54) is 0 Å². The second kappa shape index (κ2) is 5.71. The zero-order valence-electron chi connectivity index (χ0n) is 10.8. The van der Waals surface area contributed by atoms with Gasteiger partial charge in [-0.05, 0) is 18.6 Å². The number of fused-ring (bicyclic) bond motifs is 1. The van der Waals surface area contributed by atoms with Gasteiger partial charge in [-0.2, -0.15) is 4.98 Å². The molecule has 0 saturated heterocycles. The number of nitrogens with zero attached hydrogens (tertiary/aromatic N) is 2. The molecule has 2 rings (SSSR count). The number of aliphatic hydroxyl groups excluding tert-OH is 1. The molecule has 6 nitrogen and oxygen atoms in total. The van der Waals surface area contributed by atoms with Crippen LogP contribution in [0.25, 0.3) is 10.9 Å². The fraction of sp³-hybridized carbons (Fsp3) is 0.385. The third-order valence-corrected chi connectivity index (χ3v) is 3.04. The van der Waals surface area contributed by atoms with Crippen LogP contribution in [0.15, 0.2) is 18.2 Å². The monoisotopic (exact) mass is 262 g/mol. The summed E-state index contributed by atoms with van der Waals surface area (Å²) in [6.45, 7) is 2.53. The molecule has 0 aliphatic rings. The van der Waals surface area contributed by atoms with Crippen molar-refractivity contribution in [1.82, 2.24) is 9.97 Å². The SMILES string of the molecule is CCC(CO)COc1cccc2nc(N)nc(N)c12. The number of ether oxygens (including phenoxy) is 1. The van der Waals surface area contributed by atoms with E-state index >= 15 is 0 Å². The van der Waals surface area contributed by atoms with Crippen LogP contribution in [0, 0.1) is 5.92 Å². The Morgan fingerprint density at radius 3 is 2.79 bits per heavy atom. The molecule has 2 aromatic rings. The molecule has 1 aromatic carbocycles. The molecule has 1 aromatic heterocycles. The molecule has 0 spiro atoms. The van der Waals surface area contributed by atoms with Gasteiger partial charge in [0.2, 0.25) is 5.95 Å². The highest BCUT2D eigenvalue weighted by molar-refractivity contribution is 5.94. The Labute approximate surface area is 111 Å². The molecule has 5 N–H and O–H groups in total. The minimum Gasteiger partial charge on any atom is -0.492 e. The highest BCUT2D eigenvalue weighted by Gasteiger charge is 2.11. The molecule has 0 saturated carbocycles. The van der Waals surface area contributed by atoms with Gasteiger partial charge < -0.3 is 21.3 Å². The number of benzene rings is 1. The molecule has 0 amide bonds. The van der Waals surface area contributed by atoms with Gasteiger partial charge in [-0.25, -0.2) is 4.98 Å². The molecule has 0 radical (unpaired) electrons. The van der Waals surface area contributed by atoms with Gasteiger partial charge in [0.05, 0.1) is 17.5 Å². The lowest BCUT2D eigenvalue weighted by molar-refractivity contribution is 0.161. The molecule has 19 heavy (non-hydrogen) atoms. The van der Waals surface area contributed by atoms with E-state index in [9.17, 15) is 0 Å². The summed E-state index contributed by atoms with van der Waals surface area (Å²) in [6.07, 6.45) is 0.847. The van der Waals surface area contributed by atoms with Crippen LogP contribution in [0.5, 0.6) is 5.75 Å².